The molecule has 61 valence electrons. The molecule has 0 amide bonds. The molecule has 10 heavy (non-hydrogen) atoms. The molecule has 0 saturated carbocycles. The standard InChI is InChI=1S/C4H9S.2CH3O.Ti/c1-2-3-4-5;2*1-2;/h5H,1-4H2;2*1H3;/q;2*-1;+2. The molecule has 0 aliphatic heterocycles. The fourth-order valence-electron chi connectivity index (χ4n) is 0.669. The Hall–Kier alpha value is 0.984. The van der Waals surface area contributed by atoms with E-state index in [0.717, 1.165) is 10.5 Å². The van der Waals surface area contributed by atoms with E-state index in [4.69, 9.17) is 6.64 Å². The second kappa shape index (κ2) is 8.08. The Kier molecular flexibility index (Phi) is 8.88. The van der Waals surface area contributed by atoms with Crippen molar-refractivity contribution >= 4 is 12.6 Å². The maximum atomic E-state index is 5.17. The Morgan fingerprint density at radius 3 is 2.20 bits per heavy atom. The normalized spacial score (nSPS) is 9.90. The van der Waals surface area contributed by atoms with Gasteiger partial charge in [-0.2, -0.15) is 0 Å². The Morgan fingerprint density at radius 2 is 1.80 bits per heavy atom. The molecule has 0 aromatic carbocycles. The predicted molar refractivity (Wildman–Crippen MR) is 41.9 cm³/mol. The van der Waals surface area contributed by atoms with Gasteiger partial charge in [0, 0.05) is 0 Å². The number of thiol groups is 1. The van der Waals surface area contributed by atoms with Crippen LogP contribution in [0, 0.1) is 0 Å². The summed E-state index contributed by atoms with van der Waals surface area (Å²) >= 11 is 2.61. The monoisotopic (exact) mass is 199 g/mol. The van der Waals surface area contributed by atoms with Crippen molar-refractivity contribution in [3.8, 4) is 0 Å². The second-order valence-electron chi connectivity index (χ2n) is 1.96. The van der Waals surface area contributed by atoms with Gasteiger partial charge in [0.15, 0.2) is 0 Å². The first-order valence-electron chi connectivity index (χ1n) is 3.39. The number of hydrogen-bond donors (Lipinski definition) is 1. The van der Waals surface area contributed by atoms with Gasteiger partial charge in [-0.1, -0.05) is 0 Å². The average molecular weight is 199 g/mol. The van der Waals surface area contributed by atoms with Crippen LogP contribution < -0.4 is 0 Å². The van der Waals surface area contributed by atoms with Crippen LogP contribution in [0.4, 0.5) is 0 Å². The zero-order chi connectivity index (χ0) is 7.82. The number of rotatable bonds is 6. The summed E-state index contributed by atoms with van der Waals surface area (Å²) in [5.41, 5.74) is 0. The Bertz CT molecular complexity index is 68.8. The van der Waals surface area contributed by atoms with Crippen molar-refractivity contribution in [1.29, 1.82) is 0 Å². The molecule has 0 unspecified atom stereocenters. The van der Waals surface area contributed by atoms with E-state index >= 15 is 0 Å². The molecule has 0 radical (unpaired) electrons. The van der Waals surface area contributed by atoms with Crippen LogP contribution >= 0.6 is 12.6 Å². The molecule has 0 rings (SSSR count). The summed E-state index contributed by atoms with van der Waals surface area (Å²) in [5.74, 6) is 0.971. The molecule has 0 bridgehead atoms. The van der Waals surface area contributed by atoms with Gasteiger partial charge in [0.25, 0.3) is 0 Å². The summed E-state index contributed by atoms with van der Waals surface area (Å²) in [5, 5.41) is 0. The molecule has 2 nitrogen and oxygen atoms in total. The van der Waals surface area contributed by atoms with E-state index in [0.29, 0.717) is 0 Å². The van der Waals surface area contributed by atoms with Crippen LogP contribution in [-0.2, 0) is 25.3 Å². The van der Waals surface area contributed by atoms with Crippen molar-refractivity contribution in [1.82, 2.24) is 0 Å². The molecular weight excluding hydrogens is 184 g/mol. The van der Waals surface area contributed by atoms with Gasteiger partial charge in [0.2, 0.25) is 0 Å². The van der Waals surface area contributed by atoms with Gasteiger partial charge in [-0.3, -0.25) is 0 Å². The van der Waals surface area contributed by atoms with Crippen molar-refractivity contribution in [2.24, 2.45) is 0 Å². The van der Waals surface area contributed by atoms with E-state index in [9.17, 15) is 0 Å². The zero-order valence-electron chi connectivity index (χ0n) is 6.59. The third kappa shape index (κ3) is 5.75. The molecule has 0 saturated heterocycles. The van der Waals surface area contributed by atoms with Crippen molar-refractivity contribution in [3.05, 3.63) is 0 Å². The first-order valence-corrected chi connectivity index (χ1v) is 6.41. The number of unbranched alkanes of at least 4 members (excludes halogenated alkanes) is 1. The quantitative estimate of drug-likeness (QED) is 0.400. The van der Waals surface area contributed by atoms with E-state index in [-0.39, 0.29) is 0 Å². The van der Waals surface area contributed by atoms with E-state index in [1.54, 1.807) is 14.2 Å². The minimum absolute atomic E-state index is 0.971. The Labute approximate surface area is 75.5 Å². The summed E-state index contributed by atoms with van der Waals surface area (Å²) < 4.78 is 11.5. The molecule has 0 heterocycles. The molecule has 0 N–H and O–H groups in total. The van der Waals surface area contributed by atoms with Crippen LogP contribution in [0.1, 0.15) is 12.8 Å². The molecule has 0 fully saturated rings. The van der Waals surface area contributed by atoms with Crippen LogP contribution in [0.15, 0.2) is 0 Å². The van der Waals surface area contributed by atoms with Gasteiger partial charge >= 0.3 is 75.5 Å². The topological polar surface area (TPSA) is 18.5 Å². The van der Waals surface area contributed by atoms with Crippen LogP contribution in [0.3, 0.4) is 0 Å². The van der Waals surface area contributed by atoms with Crippen molar-refractivity contribution in [3.63, 3.8) is 0 Å². The SMILES string of the molecule is C[O][Ti]([CH2]CCCS)[O]C. The summed E-state index contributed by atoms with van der Waals surface area (Å²) in [6.45, 7) is 0. The minimum atomic E-state index is -1.50. The summed E-state index contributed by atoms with van der Waals surface area (Å²) in [7, 11) is 3.47. The molecule has 0 aromatic rings. The summed E-state index contributed by atoms with van der Waals surface area (Å²) in [6.07, 6.45) is 2.37. The van der Waals surface area contributed by atoms with Gasteiger partial charge in [0.1, 0.15) is 0 Å². The van der Waals surface area contributed by atoms with E-state index in [1.807, 2.05) is 0 Å². The molecule has 0 spiro atoms. The maximum absolute atomic E-state index is 5.17. The summed E-state index contributed by atoms with van der Waals surface area (Å²) in [6, 6.07) is 0. The van der Waals surface area contributed by atoms with Crippen LogP contribution in [0.2, 0.25) is 4.73 Å². The fraction of sp³-hybridized carbons (Fsp3) is 1.00. The van der Waals surface area contributed by atoms with E-state index in [2.05, 4.69) is 12.6 Å². The average Bonchev–Trinajstić information content (AvgIpc) is 1.99. The molecule has 0 aliphatic carbocycles. The first-order chi connectivity index (χ1) is 4.85. The fourth-order valence-corrected chi connectivity index (χ4v) is 2.63. The third-order valence-corrected chi connectivity index (χ3v) is 4.17. The van der Waals surface area contributed by atoms with Crippen molar-refractivity contribution in [2.75, 3.05) is 20.0 Å². The van der Waals surface area contributed by atoms with Crippen LogP contribution in [0.5, 0.6) is 0 Å². The molecule has 4 heteroatoms. The van der Waals surface area contributed by atoms with Gasteiger partial charge in [0.05, 0.1) is 0 Å². The number of hydrogen-bond acceptors (Lipinski definition) is 3. The Balaban J connectivity index is 3.09. The summed E-state index contributed by atoms with van der Waals surface area (Å²) in [4.78, 5) is 0. The van der Waals surface area contributed by atoms with Gasteiger partial charge in [-0.15, -0.1) is 0 Å². The third-order valence-electron chi connectivity index (χ3n) is 1.24. The molecule has 0 aromatic heterocycles. The second-order valence-corrected chi connectivity index (χ2v) is 5.63. The van der Waals surface area contributed by atoms with Gasteiger partial charge in [-0.25, -0.2) is 0 Å². The van der Waals surface area contributed by atoms with Crippen LogP contribution in [-0.4, -0.2) is 20.0 Å². The molecule has 0 aliphatic rings. The Morgan fingerprint density at radius 1 is 1.20 bits per heavy atom. The van der Waals surface area contributed by atoms with Crippen molar-refractivity contribution < 1.29 is 25.3 Å². The van der Waals surface area contributed by atoms with Crippen molar-refractivity contribution in [2.45, 2.75) is 17.6 Å². The molecular formula is C6H15O2STi. The van der Waals surface area contributed by atoms with Gasteiger partial charge < -0.3 is 0 Å². The predicted octanol–water partition coefficient (Wildman–Crippen LogP) is 1.86. The van der Waals surface area contributed by atoms with E-state index in [1.165, 1.54) is 12.8 Å². The van der Waals surface area contributed by atoms with E-state index < -0.39 is 18.6 Å². The van der Waals surface area contributed by atoms with Gasteiger partial charge in [-0.05, 0) is 0 Å². The molecule has 0 atom stereocenters. The first kappa shape index (κ1) is 11.0. The van der Waals surface area contributed by atoms with Crippen LogP contribution in [0.25, 0.3) is 0 Å². The zero-order valence-corrected chi connectivity index (χ0v) is 9.05.